The summed E-state index contributed by atoms with van der Waals surface area (Å²) in [5.41, 5.74) is 8.22. The van der Waals surface area contributed by atoms with Gasteiger partial charge < -0.3 is 5.73 Å². The van der Waals surface area contributed by atoms with Gasteiger partial charge in [-0.1, -0.05) is 0 Å². The Bertz CT molecular complexity index is 495. The highest BCUT2D eigenvalue weighted by Gasteiger charge is 2.19. The van der Waals surface area contributed by atoms with Gasteiger partial charge in [-0.05, 0) is 19.3 Å². The molecular weight excluding hydrogens is 220 g/mol. The lowest BCUT2D eigenvalue weighted by Gasteiger charge is -2.20. The van der Waals surface area contributed by atoms with Gasteiger partial charge in [-0.25, -0.2) is 15.0 Å². The summed E-state index contributed by atoms with van der Waals surface area (Å²) in [6, 6.07) is 0.106. The van der Waals surface area contributed by atoms with Crippen LogP contribution in [-0.4, -0.2) is 15.0 Å². The van der Waals surface area contributed by atoms with Gasteiger partial charge in [-0.15, -0.1) is 11.3 Å². The second-order valence-corrected chi connectivity index (χ2v) is 4.83. The van der Waals surface area contributed by atoms with Crippen molar-refractivity contribution in [1.29, 1.82) is 0 Å². The van der Waals surface area contributed by atoms with E-state index in [-0.39, 0.29) is 6.04 Å². The van der Waals surface area contributed by atoms with Gasteiger partial charge in [0.05, 0.1) is 0 Å². The second-order valence-electron chi connectivity index (χ2n) is 3.93. The predicted octanol–water partition coefficient (Wildman–Crippen LogP) is 1.94. The normalized spacial score (nSPS) is 19.4. The number of aromatic nitrogens is 3. The molecule has 0 fully saturated rings. The van der Waals surface area contributed by atoms with Crippen molar-refractivity contribution in [3.8, 4) is 10.8 Å². The van der Waals surface area contributed by atoms with E-state index in [1.165, 1.54) is 0 Å². The number of thiazole rings is 1. The first-order valence-corrected chi connectivity index (χ1v) is 6.24. The van der Waals surface area contributed by atoms with Crippen molar-refractivity contribution in [2.24, 2.45) is 5.73 Å². The molecule has 1 aliphatic carbocycles. The minimum atomic E-state index is 0.106. The Morgan fingerprint density at radius 1 is 1.38 bits per heavy atom. The van der Waals surface area contributed by atoms with E-state index in [0.29, 0.717) is 0 Å². The van der Waals surface area contributed by atoms with Gasteiger partial charge in [-0.2, -0.15) is 0 Å². The van der Waals surface area contributed by atoms with Crippen molar-refractivity contribution in [2.75, 3.05) is 0 Å². The molecule has 2 heterocycles. The van der Waals surface area contributed by atoms with Crippen LogP contribution < -0.4 is 5.73 Å². The zero-order valence-corrected chi connectivity index (χ0v) is 9.57. The molecule has 0 aromatic carbocycles. The molecule has 82 valence electrons. The quantitative estimate of drug-likeness (QED) is 0.816. The van der Waals surface area contributed by atoms with E-state index >= 15 is 0 Å². The Morgan fingerprint density at radius 2 is 2.31 bits per heavy atom. The summed E-state index contributed by atoms with van der Waals surface area (Å²) in [7, 11) is 0. The van der Waals surface area contributed by atoms with E-state index in [9.17, 15) is 0 Å². The highest BCUT2D eigenvalue weighted by atomic mass is 32.1. The fourth-order valence-electron chi connectivity index (χ4n) is 2.02. The lowest BCUT2D eigenvalue weighted by Crippen LogP contribution is -2.19. The maximum absolute atomic E-state index is 6.02. The second kappa shape index (κ2) is 3.92. The molecule has 1 atom stereocenters. The topological polar surface area (TPSA) is 64.7 Å². The molecule has 2 aromatic rings. The van der Waals surface area contributed by atoms with Gasteiger partial charge in [-0.3, -0.25) is 0 Å². The monoisotopic (exact) mass is 232 g/mol. The first-order valence-electron chi connectivity index (χ1n) is 5.36. The molecule has 0 bridgehead atoms. The zero-order chi connectivity index (χ0) is 11.0. The van der Waals surface area contributed by atoms with Crippen molar-refractivity contribution >= 4 is 11.3 Å². The standard InChI is InChI=1S/C11H12N4S/c12-8-2-1-3-9-7(8)6-14-10(15-9)11-13-4-5-16-11/h4-6,8H,1-3,12H2. The van der Waals surface area contributed by atoms with Crippen LogP contribution in [0.1, 0.15) is 30.1 Å². The zero-order valence-electron chi connectivity index (χ0n) is 8.76. The lowest BCUT2D eigenvalue weighted by molar-refractivity contribution is 0.557. The molecule has 0 amide bonds. The number of fused-ring (bicyclic) bond motifs is 1. The molecule has 0 saturated carbocycles. The molecule has 5 heteroatoms. The van der Waals surface area contributed by atoms with E-state index < -0.39 is 0 Å². The van der Waals surface area contributed by atoms with Crippen LogP contribution in [0.4, 0.5) is 0 Å². The molecule has 3 rings (SSSR count). The Hall–Kier alpha value is -1.33. The van der Waals surface area contributed by atoms with Crippen molar-refractivity contribution in [1.82, 2.24) is 15.0 Å². The molecule has 0 radical (unpaired) electrons. The van der Waals surface area contributed by atoms with Crippen molar-refractivity contribution in [3.63, 3.8) is 0 Å². The highest BCUT2D eigenvalue weighted by molar-refractivity contribution is 7.12. The third-order valence-electron chi connectivity index (χ3n) is 2.85. The predicted molar refractivity (Wildman–Crippen MR) is 63.0 cm³/mol. The fraction of sp³-hybridized carbons (Fsp3) is 0.364. The van der Waals surface area contributed by atoms with Gasteiger partial charge in [0.1, 0.15) is 0 Å². The number of nitrogens with zero attached hydrogens (tertiary/aromatic N) is 3. The average molecular weight is 232 g/mol. The molecule has 4 nitrogen and oxygen atoms in total. The Morgan fingerprint density at radius 3 is 3.12 bits per heavy atom. The average Bonchev–Trinajstić information content (AvgIpc) is 2.82. The van der Waals surface area contributed by atoms with Crippen LogP contribution in [0.5, 0.6) is 0 Å². The molecule has 2 N–H and O–H groups in total. The summed E-state index contributed by atoms with van der Waals surface area (Å²) in [6.07, 6.45) is 6.79. The number of rotatable bonds is 1. The van der Waals surface area contributed by atoms with Crippen LogP contribution >= 0.6 is 11.3 Å². The van der Waals surface area contributed by atoms with Crippen LogP contribution in [0, 0.1) is 0 Å². The molecular formula is C11H12N4S. The lowest BCUT2D eigenvalue weighted by atomic mass is 9.93. The van der Waals surface area contributed by atoms with Gasteiger partial charge in [0.25, 0.3) is 0 Å². The van der Waals surface area contributed by atoms with Crippen molar-refractivity contribution in [2.45, 2.75) is 25.3 Å². The molecule has 0 spiro atoms. The summed E-state index contributed by atoms with van der Waals surface area (Å²) in [6.45, 7) is 0. The molecule has 1 unspecified atom stereocenters. The largest absolute Gasteiger partial charge is 0.324 e. The molecule has 1 aliphatic rings. The van der Waals surface area contributed by atoms with E-state index in [4.69, 9.17) is 5.73 Å². The highest BCUT2D eigenvalue weighted by Crippen LogP contribution is 2.28. The number of nitrogens with two attached hydrogens (primary N) is 1. The van der Waals surface area contributed by atoms with Gasteiger partial charge in [0.15, 0.2) is 10.8 Å². The summed E-state index contributed by atoms with van der Waals surface area (Å²) in [4.78, 5) is 13.1. The summed E-state index contributed by atoms with van der Waals surface area (Å²) >= 11 is 1.56. The van der Waals surface area contributed by atoms with Crippen LogP contribution in [-0.2, 0) is 6.42 Å². The van der Waals surface area contributed by atoms with Crippen molar-refractivity contribution < 1.29 is 0 Å². The van der Waals surface area contributed by atoms with E-state index in [2.05, 4.69) is 15.0 Å². The van der Waals surface area contributed by atoms with Crippen LogP contribution in [0.3, 0.4) is 0 Å². The molecule has 0 saturated heterocycles. The number of aryl methyl sites for hydroxylation is 1. The third-order valence-corrected chi connectivity index (χ3v) is 3.62. The number of hydrogen-bond acceptors (Lipinski definition) is 5. The molecule has 2 aromatic heterocycles. The Kier molecular flexibility index (Phi) is 2.41. The van der Waals surface area contributed by atoms with E-state index in [0.717, 1.165) is 41.4 Å². The van der Waals surface area contributed by atoms with Gasteiger partial charge in [0, 0.05) is 35.1 Å². The van der Waals surface area contributed by atoms with E-state index in [1.807, 2.05) is 11.6 Å². The smallest absolute Gasteiger partial charge is 0.188 e. The molecule has 0 aliphatic heterocycles. The maximum Gasteiger partial charge on any atom is 0.188 e. The first-order chi connectivity index (χ1) is 7.84. The van der Waals surface area contributed by atoms with Crippen LogP contribution in [0.25, 0.3) is 10.8 Å². The Balaban J connectivity index is 2.05. The SMILES string of the molecule is NC1CCCc2nc(-c3nccs3)ncc21. The fourth-order valence-corrected chi connectivity index (χ4v) is 2.59. The minimum absolute atomic E-state index is 0.106. The summed E-state index contributed by atoms with van der Waals surface area (Å²) in [5.74, 6) is 0.725. The summed E-state index contributed by atoms with van der Waals surface area (Å²) in [5, 5.41) is 2.81. The van der Waals surface area contributed by atoms with Crippen molar-refractivity contribution in [3.05, 3.63) is 29.0 Å². The van der Waals surface area contributed by atoms with Crippen LogP contribution in [0.2, 0.25) is 0 Å². The minimum Gasteiger partial charge on any atom is -0.324 e. The Labute approximate surface area is 97.6 Å². The molecule has 16 heavy (non-hydrogen) atoms. The van der Waals surface area contributed by atoms with Crippen LogP contribution in [0.15, 0.2) is 17.8 Å². The van der Waals surface area contributed by atoms with E-state index in [1.54, 1.807) is 17.5 Å². The van der Waals surface area contributed by atoms with Gasteiger partial charge in [0.2, 0.25) is 0 Å². The maximum atomic E-state index is 6.02. The first kappa shape index (κ1) is 9.86. The number of hydrogen-bond donors (Lipinski definition) is 1. The summed E-state index contributed by atoms with van der Waals surface area (Å²) < 4.78 is 0. The van der Waals surface area contributed by atoms with Gasteiger partial charge >= 0.3 is 0 Å². The third kappa shape index (κ3) is 1.62.